The molecule has 0 saturated heterocycles. The second-order valence-electron chi connectivity index (χ2n) is 7.03. The Hall–Kier alpha value is -2.89. The predicted molar refractivity (Wildman–Crippen MR) is 118 cm³/mol. The summed E-state index contributed by atoms with van der Waals surface area (Å²) in [5.41, 5.74) is 4.19. The van der Waals surface area contributed by atoms with E-state index in [1.165, 1.54) is 16.8 Å². The van der Waals surface area contributed by atoms with Gasteiger partial charge in [-0.15, -0.1) is 11.3 Å². The minimum absolute atomic E-state index is 0.141. The summed E-state index contributed by atoms with van der Waals surface area (Å²) in [6.45, 7) is 5.79. The van der Waals surface area contributed by atoms with E-state index < -0.39 is 0 Å². The molecule has 0 spiro atoms. The third kappa shape index (κ3) is 3.78. The van der Waals surface area contributed by atoms with Crippen LogP contribution in [0.5, 0.6) is 0 Å². The molecular weight excluding hydrogens is 416 g/mol. The molecule has 4 heterocycles. The Balaban J connectivity index is 1.58. The maximum Gasteiger partial charge on any atom is 0.253 e. The number of carbonyl (C=O) groups is 1. The number of furan rings is 1. The molecule has 3 aromatic rings. The fraction of sp³-hybridized carbons (Fsp3) is 0.273. The van der Waals surface area contributed by atoms with Crippen LogP contribution in [0.2, 0.25) is 0 Å². The Labute approximate surface area is 183 Å². The molecule has 0 radical (unpaired) electrons. The highest BCUT2D eigenvalue weighted by atomic mass is 32.2. The third-order valence-electron chi connectivity index (χ3n) is 5.25. The van der Waals surface area contributed by atoms with Crippen LogP contribution >= 0.6 is 23.1 Å². The summed E-state index contributed by atoms with van der Waals surface area (Å²) in [5.74, 6) is 0.707. The van der Waals surface area contributed by atoms with Crippen LogP contribution in [0.3, 0.4) is 0 Å². The molecule has 8 heteroatoms. The number of thiophene rings is 1. The van der Waals surface area contributed by atoms with E-state index in [4.69, 9.17) is 4.42 Å². The number of rotatable bonds is 5. The van der Waals surface area contributed by atoms with E-state index >= 15 is 0 Å². The molecular formula is C22H20N4O2S2. The highest BCUT2D eigenvalue weighted by Crippen LogP contribution is 2.35. The number of nitrogens with zero attached hydrogens (tertiary/aromatic N) is 4. The summed E-state index contributed by atoms with van der Waals surface area (Å²) in [7, 11) is 0. The smallest absolute Gasteiger partial charge is 0.253 e. The number of aryl methyl sites for hydroxylation is 1. The molecule has 1 amide bonds. The topological polar surface area (TPSA) is 82.5 Å². The van der Waals surface area contributed by atoms with Crippen molar-refractivity contribution in [3.05, 3.63) is 68.9 Å². The fourth-order valence-electron chi connectivity index (χ4n) is 3.38. The minimum atomic E-state index is -0.268. The average molecular weight is 437 g/mol. The van der Waals surface area contributed by atoms with Crippen molar-refractivity contribution in [2.45, 2.75) is 38.3 Å². The number of hydrazone groups is 1. The maximum atomic E-state index is 13.1. The van der Waals surface area contributed by atoms with Crippen LogP contribution in [0.1, 0.15) is 45.5 Å². The van der Waals surface area contributed by atoms with Crippen LogP contribution in [-0.2, 0) is 4.79 Å². The third-order valence-corrected chi connectivity index (χ3v) is 7.13. The molecule has 4 rings (SSSR count). The first-order valence-electron chi connectivity index (χ1n) is 9.47. The zero-order chi connectivity index (χ0) is 21.3. The lowest BCUT2D eigenvalue weighted by Gasteiger charge is -2.20. The molecule has 0 saturated carbocycles. The second-order valence-corrected chi connectivity index (χ2v) is 8.94. The van der Waals surface area contributed by atoms with Gasteiger partial charge in [0.05, 0.1) is 28.2 Å². The summed E-state index contributed by atoms with van der Waals surface area (Å²) < 4.78 is 5.58. The van der Waals surface area contributed by atoms with Gasteiger partial charge in [0.1, 0.15) is 22.9 Å². The molecule has 1 aliphatic rings. The van der Waals surface area contributed by atoms with Crippen molar-refractivity contribution in [2.24, 2.45) is 5.10 Å². The van der Waals surface area contributed by atoms with Crippen LogP contribution in [0.4, 0.5) is 0 Å². The largest absolute Gasteiger partial charge is 0.467 e. The number of hydrogen-bond donors (Lipinski definition) is 0. The second kappa shape index (κ2) is 8.46. The lowest BCUT2D eigenvalue weighted by Crippen LogP contribution is -2.28. The highest BCUT2D eigenvalue weighted by Gasteiger charge is 2.35. The van der Waals surface area contributed by atoms with Crippen LogP contribution < -0.4 is 0 Å². The fourth-order valence-corrected chi connectivity index (χ4v) is 5.04. The predicted octanol–water partition coefficient (Wildman–Crippen LogP) is 5.00. The van der Waals surface area contributed by atoms with Crippen molar-refractivity contribution < 1.29 is 9.21 Å². The standard InChI is InChI=1S/C22H20N4O2S2/c1-13-14(2)16(11-23)22(24-15(13)3)30-12-21(27)26-18(19-6-4-8-28-19)10-17(25-26)20-7-5-9-29-20/h4-9,18H,10,12H2,1-3H3. The van der Waals surface area contributed by atoms with E-state index in [2.05, 4.69) is 16.2 Å². The van der Waals surface area contributed by atoms with Crippen LogP contribution in [-0.4, -0.2) is 27.4 Å². The van der Waals surface area contributed by atoms with Gasteiger partial charge in [-0.05, 0) is 55.5 Å². The summed E-state index contributed by atoms with van der Waals surface area (Å²) in [6.07, 6.45) is 2.21. The summed E-state index contributed by atoms with van der Waals surface area (Å²) in [5, 5.41) is 18.3. The van der Waals surface area contributed by atoms with Crippen molar-refractivity contribution in [3.63, 3.8) is 0 Å². The van der Waals surface area contributed by atoms with Crippen molar-refractivity contribution in [1.29, 1.82) is 5.26 Å². The Morgan fingerprint density at radius 2 is 2.17 bits per heavy atom. The molecule has 0 N–H and O–H groups in total. The summed E-state index contributed by atoms with van der Waals surface area (Å²) in [4.78, 5) is 18.7. The molecule has 3 aromatic heterocycles. The average Bonchev–Trinajstić information content (AvgIpc) is 3.50. The molecule has 0 bridgehead atoms. The lowest BCUT2D eigenvalue weighted by molar-refractivity contribution is -0.130. The molecule has 6 nitrogen and oxygen atoms in total. The molecule has 1 unspecified atom stereocenters. The summed E-state index contributed by atoms with van der Waals surface area (Å²) in [6, 6.07) is 9.63. The summed E-state index contributed by atoms with van der Waals surface area (Å²) >= 11 is 2.88. The van der Waals surface area contributed by atoms with Crippen molar-refractivity contribution in [2.75, 3.05) is 5.75 Å². The Bertz CT molecular complexity index is 1150. The zero-order valence-electron chi connectivity index (χ0n) is 16.9. The van der Waals surface area contributed by atoms with Crippen molar-refractivity contribution >= 4 is 34.7 Å². The number of thioether (sulfide) groups is 1. The molecule has 0 aromatic carbocycles. The monoisotopic (exact) mass is 436 g/mol. The van der Waals surface area contributed by atoms with Gasteiger partial charge in [-0.3, -0.25) is 4.79 Å². The van der Waals surface area contributed by atoms with E-state index in [1.54, 1.807) is 17.6 Å². The number of hydrogen-bond acceptors (Lipinski definition) is 7. The van der Waals surface area contributed by atoms with E-state index in [1.807, 2.05) is 50.4 Å². The number of pyridine rings is 1. The van der Waals surface area contributed by atoms with Gasteiger partial charge in [-0.1, -0.05) is 17.8 Å². The van der Waals surface area contributed by atoms with Crippen molar-refractivity contribution in [3.8, 4) is 6.07 Å². The Kier molecular flexibility index (Phi) is 5.75. The number of amides is 1. The lowest BCUT2D eigenvalue weighted by atomic mass is 10.1. The minimum Gasteiger partial charge on any atom is -0.467 e. The van der Waals surface area contributed by atoms with Gasteiger partial charge < -0.3 is 4.42 Å². The van der Waals surface area contributed by atoms with Gasteiger partial charge in [0.25, 0.3) is 5.91 Å². The van der Waals surface area contributed by atoms with E-state index in [0.717, 1.165) is 27.4 Å². The van der Waals surface area contributed by atoms with Gasteiger partial charge in [0.2, 0.25) is 0 Å². The van der Waals surface area contributed by atoms with Crippen LogP contribution in [0.15, 0.2) is 50.5 Å². The highest BCUT2D eigenvalue weighted by molar-refractivity contribution is 8.00. The van der Waals surface area contributed by atoms with Gasteiger partial charge in [0, 0.05) is 12.1 Å². The first-order valence-corrected chi connectivity index (χ1v) is 11.3. The maximum absolute atomic E-state index is 13.1. The normalized spacial score (nSPS) is 15.9. The van der Waals surface area contributed by atoms with Gasteiger partial charge >= 0.3 is 0 Å². The van der Waals surface area contributed by atoms with Crippen molar-refractivity contribution in [1.82, 2.24) is 9.99 Å². The number of nitriles is 1. The molecule has 30 heavy (non-hydrogen) atoms. The zero-order valence-corrected chi connectivity index (χ0v) is 18.5. The van der Waals surface area contributed by atoms with Crippen LogP contribution in [0, 0.1) is 32.1 Å². The molecule has 1 atom stereocenters. The van der Waals surface area contributed by atoms with Gasteiger partial charge in [0.15, 0.2) is 0 Å². The molecule has 1 aliphatic heterocycles. The number of carbonyl (C=O) groups excluding carboxylic acids is 1. The van der Waals surface area contributed by atoms with E-state index in [9.17, 15) is 10.1 Å². The van der Waals surface area contributed by atoms with Gasteiger partial charge in [-0.2, -0.15) is 10.4 Å². The SMILES string of the molecule is Cc1nc(SCC(=O)N2N=C(c3cccs3)CC2c2ccco2)c(C#N)c(C)c1C. The quantitative estimate of drug-likeness (QED) is 0.526. The first-order chi connectivity index (χ1) is 14.5. The van der Waals surface area contributed by atoms with E-state index in [-0.39, 0.29) is 17.7 Å². The Morgan fingerprint density at radius 3 is 2.83 bits per heavy atom. The molecule has 0 fully saturated rings. The molecule has 0 aliphatic carbocycles. The van der Waals surface area contributed by atoms with Gasteiger partial charge in [-0.25, -0.2) is 9.99 Å². The molecule has 152 valence electrons. The van der Waals surface area contributed by atoms with Crippen LogP contribution in [0.25, 0.3) is 0 Å². The first kappa shape index (κ1) is 20.4. The Morgan fingerprint density at radius 1 is 1.33 bits per heavy atom. The van der Waals surface area contributed by atoms with E-state index in [0.29, 0.717) is 22.8 Å². The number of aromatic nitrogens is 1.